The lowest BCUT2D eigenvalue weighted by atomic mass is 10.1. The third-order valence-electron chi connectivity index (χ3n) is 6.40. The van der Waals surface area contributed by atoms with Gasteiger partial charge in [0.15, 0.2) is 11.5 Å². The van der Waals surface area contributed by atoms with Gasteiger partial charge in [0.05, 0.1) is 23.1 Å². The van der Waals surface area contributed by atoms with Crippen LogP contribution in [0.3, 0.4) is 0 Å². The van der Waals surface area contributed by atoms with Crippen LogP contribution in [0.2, 0.25) is 5.15 Å². The molecule has 0 radical (unpaired) electrons. The molecule has 0 bridgehead atoms. The van der Waals surface area contributed by atoms with Gasteiger partial charge < -0.3 is 10.3 Å². The molecule has 5 aromatic rings. The molecule has 6 rings (SSSR count). The minimum atomic E-state index is -0.475. The van der Waals surface area contributed by atoms with E-state index in [4.69, 9.17) is 11.6 Å². The second-order valence-electron chi connectivity index (χ2n) is 8.75. The first-order valence-corrected chi connectivity index (χ1v) is 11.6. The Morgan fingerprint density at radius 3 is 2.86 bits per heavy atom. The maximum atomic E-state index is 15.5. The molecule has 0 saturated carbocycles. The van der Waals surface area contributed by atoms with Crippen molar-refractivity contribution in [2.45, 2.75) is 26.6 Å². The molecule has 1 aliphatic rings. The first kappa shape index (κ1) is 22.4. The van der Waals surface area contributed by atoms with Gasteiger partial charge in [-0.3, -0.25) is 14.5 Å². The zero-order chi connectivity index (χ0) is 25.1. The monoisotopic (exact) mass is 506 g/mol. The number of hydrogen-bond acceptors (Lipinski definition) is 6. The van der Waals surface area contributed by atoms with E-state index in [0.29, 0.717) is 41.9 Å². The molecule has 0 atom stereocenters. The van der Waals surface area contributed by atoms with Crippen molar-refractivity contribution in [3.05, 3.63) is 86.1 Å². The van der Waals surface area contributed by atoms with Crippen LogP contribution in [0.4, 0.5) is 4.39 Å². The number of hydrogen-bond donors (Lipinski definition) is 2. The van der Waals surface area contributed by atoms with Crippen molar-refractivity contribution < 1.29 is 9.18 Å². The lowest BCUT2D eigenvalue weighted by Crippen LogP contribution is -2.22. The fraction of sp³-hybridized carbons (Fsp3) is 0.208. The van der Waals surface area contributed by atoms with E-state index in [0.717, 1.165) is 16.8 Å². The summed E-state index contributed by atoms with van der Waals surface area (Å²) in [7, 11) is 1.52. The maximum absolute atomic E-state index is 15.5. The minimum Gasteiger partial charge on any atom is -0.354 e. The Kier molecular flexibility index (Phi) is 5.13. The zero-order valence-electron chi connectivity index (χ0n) is 19.3. The summed E-state index contributed by atoms with van der Waals surface area (Å²) in [6, 6.07) is 6.79. The topological polar surface area (TPSA) is 113 Å². The zero-order valence-corrected chi connectivity index (χ0v) is 20.1. The number of benzene rings is 1. The lowest BCUT2D eigenvalue weighted by molar-refractivity contribution is 0.0958. The molecular formula is C24H20ClFN8O2. The Hall–Kier alpha value is -4.09. The average molecular weight is 507 g/mol. The molecule has 0 fully saturated rings. The molecule has 36 heavy (non-hydrogen) atoms. The van der Waals surface area contributed by atoms with Crippen LogP contribution in [-0.4, -0.2) is 47.2 Å². The van der Waals surface area contributed by atoms with Gasteiger partial charge >= 0.3 is 0 Å². The SMILES string of the molecule is CNC(=O)c1nc(Cl)ccc1-n1cc2c(n1)CN(Cc1ccc3c([nH]c(=O)c4c(C)cnn43)c1F)C2. The highest BCUT2D eigenvalue weighted by Gasteiger charge is 2.26. The van der Waals surface area contributed by atoms with Crippen LogP contribution < -0.4 is 10.9 Å². The molecule has 4 aromatic heterocycles. The van der Waals surface area contributed by atoms with Gasteiger partial charge in [-0.25, -0.2) is 18.6 Å². The van der Waals surface area contributed by atoms with E-state index in [2.05, 4.69) is 30.4 Å². The summed E-state index contributed by atoms with van der Waals surface area (Å²) in [5.41, 5.74) is 4.35. The summed E-state index contributed by atoms with van der Waals surface area (Å²) < 4.78 is 18.5. The van der Waals surface area contributed by atoms with Crippen molar-refractivity contribution in [2.24, 2.45) is 0 Å². The normalized spacial score (nSPS) is 13.6. The van der Waals surface area contributed by atoms with Gasteiger partial charge in [-0.1, -0.05) is 17.7 Å². The minimum absolute atomic E-state index is 0.132. The van der Waals surface area contributed by atoms with E-state index in [1.54, 1.807) is 42.1 Å². The smallest absolute Gasteiger partial charge is 0.274 e. The van der Waals surface area contributed by atoms with Crippen LogP contribution in [-0.2, 0) is 19.6 Å². The van der Waals surface area contributed by atoms with Crippen LogP contribution in [0, 0.1) is 12.7 Å². The number of halogens is 2. The number of aromatic nitrogens is 6. The second-order valence-corrected chi connectivity index (χ2v) is 9.13. The van der Waals surface area contributed by atoms with Crippen LogP contribution in [0.25, 0.3) is 22.2 Å². The molecular weight excluding hydrogens is 487 g/mol. The largest absolute Gasteiger partial charge is 0.354 e. The Balaban J connectivity index is 1.27. The number of nitrogens with zero attached hydrogens (tertiary/aromatic N) is 6. The number of carbonyl (C=O) groups is 1. The molecule has 10 nitrogen and oxygen atoms in total. The molecule has 5 heterocycles. The van der Waals surface area contributed by atoms with Crippen LogP contribution in [0.1, 0.15) is 32.9 Å². The Labute approximate surface area is 208 Å². The molecule has 2 N–H and O–H groups in total. The number of aromatic amines is 1. The number of nitrogens with one attached hydrogen (secondary N) is 2. The second kappa shape index (κ2) is 8.25. The summed E-state index contributed by atoms with van der Waals surface area (Å²) in [6.45, 7) is 3.18. The predicted molar refractivity (Wildman–Crippen MR) is 131 cm³/mol. The molecule has 1 aliphatic heterocycles. The molecule has 1 aromatic carbocycles. The first-order chi connectivity index (χ1) is 17.3. The third kappa shape index (κ3) is 3.47. The van der Waals surface area contributed by atoms with E-state index >= 15 is 4.39 Å². The van der Waals surface area contributed by atoms with Crippen molar-refractivity contribution in [2.75, 3.05) is 7.05 Å². The molecule has 1 amide bonds. The van der Waals surface area contributed by atoms with Gasteiger partial charge in [0.25, 0.3) is 11.5 Å². The molecule has 12 heteroatoms. The van der Waals surface area contributed by atoms with E-state index in [1.807, 2.05) is 6.20 Å². The summed E-state index contributed by atoms with van der Waals surface area (Å²) in [4.78, 5) is 33.7. The quantitative estimate of drug-likeness (QED) is 0.362. The highest BCUT2D eigenvalue weighted by Crippen LogP contribution is 2.28. The number of rotatable bonds is 4. The summed E-state index contributed by atoms with van der Waals surface area (Å²) in [5.74, 6) is -0.839. The van der Waals surface area contributed by atoms with Gasteiger partial charge in [0, 0.05) is 49.6 Å². The van der Waals surface area contributed by atoms with Gasteiger partial charge in [-0.2, -0.15) is 10.2 Å². The molecule has 0 saturated heterocycles. The van der Waals surface area contributed by atoms with Crippen molar-refractivity contribution in [3.63, 3.8) is 0 Å². The summed E-state index contributed by atoms with van der Waals surface area (Å²) in [5, 5.41) is 11.6. The number of fused-ring (bicyclic) bond motifs is 4. The Bertz CT molecular complexity index is 1730. The van der Waals surface area contributed by atoms with Crippen molar-refractivity contribution in [1.29, 1.82) is 0 Å². The van der Waals surface area contributed by atoms with Crippen molar-refractivity contribution in [3.8, 4) is 5.69 Å². The highest BCUT2D eigenvalue weighted by atomic mass is 35.5. The molecule has 182 valence electrons. The van der Waals surface area contributed by atoms with Crippen molar-refractivity contribution >= 4 is 34.1 Å². The standard InChI is InChI=1S/C24H20ClFN8O2/c1-12-7-28-34-17-4-3-13(19(26)20(17)30-24(36)22(12)34)8-32-9-14-10-33(31-15(14)11-32)16-5-6-18(25)29-21(16)23(35)27-2/h3-7,10H,8-9,11H2,1-2H3,(H,27,35)(H,30,36). The third-order valence-corrected chi connectivity index (χ3v) is 6.61. The maximum Gasteiger partial charge on any atom is 0.274 e. The predicted octanol–water partition coefficient (Wildman–Crippen LogP) is 2.73. The molecule has 0 aliphatic carbocycles. The van der Waals surface area contributed by atoms with Gasteiger partial charge in [0.1, 0.15) is 16.2 Å². The Morgan fingerprint density at radius 1 is 1.25 bits per heavy atom. The number of aryl methyl sites for hydroxylation is 1. The highest BCUT2D eigenvalue weighted by molar-refractivity contribution is 6.29. The van der Waals surface area contributed by atoms with E-state index in [1.165, 1.54) is 11.6 Å². The average Bonchev–Trinajstić information content (AvgIpc) is 3.54. The summed E-state index contributed by atoms with van der Waals surface area (Å²) >= 11 is 5.98. The van der Waals surface area contributed by atoms with Crippen LogP contribution >= 0.6 is 11.6 Å². The fourth-order valence-corrected chi connectivity index (χ4v) is 4.83. The van der Waals surface area contributed by atoms with Gasteiger partial charge in [-0.05, 0) is 25.1 Å². The van der Waals surface area contributed by atoms with Crippen LogP contribution in [0.5, 0.6) is 0 Å². The number of pyridine rings is 1. The summed E-state index contributed by atoms with van der Waals surface area (Å²) in [6.07, 6.45) is 3.44. The van der Waals surface area contributed by atoms with Crippen molar-refractivity contribution in [1.82, 2.24) is 39.6 Å². The lowest BCUT2D eigenvalue weighted by Gasteiger charge is -2.17. The van der Waals surface area contributed by atoms with E-state index in [-0.39, 0.29) is 27.8 Å². The van der Waals surface area contributed by atoms with Gasteiger partial charge in [-0.15, -0.1) is 0 Å². The van der Waals surface area contributed by atoms with E-state index < -0.39 is 5.82 Å². The number of carbonyl (C=O) groups excluding carboxylic acids is 1. The number of amides is 1. The Morgan fingerprint density at radius 2 is 2.08 bits per heavy atom. The number of H-pyrrole nitrogens is 1. The molecule has 0 unspecified atom stereocenters. The first-order valence-electron chi connectivity index (χ1n) is 11.2. The molecule has 0 spiro atoms. The van der Waals surface area contributed by atoms with E-state index in [9.17, 15) is 9.59 Å². The van der Waals surface area contributed by atoms with Gasteiger partial charge in [0.2, 0.25) is 0 Å². The van der Waals surface area contributed by atoms with Crippen LogP contribution in [0.15, 0.2) is 41.5 Å². The fourth-order valence-electron chi connectivity index (χ4n) is 4.68.